The Balaban J connectivity index is 2.55. The van der Waals surface area contributed by atoms with Gasteiger partial charge in [0.25, 0.3) is 0 Å². The van der Waals surface area contributed by atoms with Crippen molar-refractivity contribution in [3.05, 3.63) is 39.0 Å². The summed E-state index contributed by atoms with van der Waals surface area (Å²) < 4.78 is 12.5. The summed E-state index contributed by atoms with van der Waals surface area (Å²) in [4.78, 5) is 15.5. The summed E-state index contributed by atoms with van der Waals surface area (Å²) in [6.45, 7) is 2.69. The number of aromatic nitrogens is 1. The van der Waals surface area contributed by atoms with Crippen molar-refractivity contribution in [3.63, 3.8) is 0 Å². The number of hydrogen-bond donors (Lipinski definition) is 1. The smallest absolute Gasteiger partial charge is 0.337 e. The number of carboxylic acid groups (broad SMARTS) is 1. The molecule has 128 valence electrons. The highest BCUT2D eigenvalue weighted by molar-refractivity contribution is 9.11. The molecule has 0 amide bonds. The number of ether oxygens (including phenoxy) is 2. The number of halogens is 2. The minimum Gasteiger partial charge on any atom is -0.493 e. The van der Waals surface area contributed by atoms with Gasteiger partial charge in [-0.15, -0.1) is 0 Å². The minimum atomic E-state index is -1.05. The van der Waals surface area contributed by atoms with Crippen molar-refractivity contribution in [1.29, 1.82) is 0 Å². The molecule has 0 saturated carbocycles. The molecule has 1 heterocycles. The van der Waals surface area contributed by atoms with E-state index in [1.807, 2.05) is 0 Å². The monoisotopic (exact) mass is 457 g/mol. The van der Waals surface area contributed by atoms with Gasteiger partial charge < -0.3 is 14.6 Å². The first kappa shape index (κ1) is 18.7. The largest absolute Gasteiger partial charge is 0.493 e. The predicted molar refractivity (Wildman–Crippen MR) is 99.0 cm³/mol. The molecule has 0 bridgehead atoms. The Morgan fingerprint density at radius 3 is 2.58 bits per heavy atom. The van der Waals surface area contributed by atoms with Crippen molar-refractivity contribution >= 4 is 37.8 Å². The van der Waals surface area contributed by atoms with Gasteiger partial charge in [-0.05, 0) is 34.5 Å². The molecular formula is C17H17Br2NO4. The van der Waals surface area contributed by atoms with E-state index in [-0.39, 0.29) is 5.56 Å². The highest BCUT2D eigenvalue weighted by Gasteiger charge is 2.20. The quantitative estimate of drug-likeness (QED) is 0.580. The summed E-state index contributed by atoms with van der Waals surface area (Å²) in [5.41, 5.74) is 1.32. The average Bonchev–Trinajstić information content (AvgIpc) is 2.55. The second kappa shape index (κ2) is 8.48. The maximum Gasteiger partial charge on any atom is 0.337 e. The molecule has 0 aliphatic rings. The molecule has 7 heteroatoms. The van der Waals surface area contributed by atoms with Crippen LogP contribution in [-0.2, 0) is 0 Å². The van der Waals surface area contributed by atoms with Crippen LogP contribution in [0.2, 0.25) is 0 Å². The molecule has 1 N–H and O–H groups in total. The van der Waals surface area contributed by atoms with Crippen molar-refractivity contribution in [2.45, 2.75) is 19.8 Å². The number of benzene rings is 1. The SMILES string of the molecule is CCCCOc1cc(Br)c(-c2c(Br)cncc2C(=O)O)cc1OC. The van der Waals surface area contributed by atoms with E-state index < -0.39 is 5.97 Å². The summed E-state index contributed by atoms with van der Waals surface area (Å²) in [7, 11) is 1.55. The lowest BCUT2D eigenvalue weighted by Crippen LogP contribution is -2.03. The van der Waals surface area contributed by atoms with Crippen LogP contribution in [0.15, 0.2) is 33.5 Å². The Morgan fingerprint density at radius 1 is 1.21 bits per heavy atom. The van der Waals surface area contributed by atoms with Gasteiger partial charge in [-0.1, -0.05) is 29.3 Å². The first-order valence-electron chi connectivity index (χ1n) is 7.37. The zero-order chi connectivity index (χ0) is 17.7. The Labute approximate surface area is 157 Å². The highest BCUT2D eigenvalue weighted by Crippen LogP contribution is 2.42. The second-order valence-corrected chi connectivity index (χ2v) is 6.74. The second-order valence-electron chi connectivity index (χ2n) is 5.03. The van der Waals surface area contributed by atoms with Crippen LogP contribution in [0.5, 0.6) is 11.5 Å². The minimum absolute atomic E-state index is 0.103. The number of aromatic carboxylic acids is 1. The molecule has 0 radical (unpaired) electrons. The molecule has 2 aromatic rings. The standard InChI is InChI=1S/C17H17Br2NO4/c1-3-4-5-24-15-7-12(18)10(6-14(15)23-2)16-11(17(21)22)8-20-9-13(16)19/h6-9H,3-5H2,1-2H3,(H,21,22). The number of hydrogen-bond acceptors (Lipinski definition) is 4. The first-order valence-corrected chi connectivity index (χ1v) is 8.95. The van der Waals surface area contributed by atoms with Gasteiger partial charge in [0.1, 0.15) is 0 Å². The lowest BCUT2D eigenvalue weighted by Gasteiger charge is -2.16. The van der Waals surface area contributed by atoms with Crippen molar-refractivity contribution in [2.24, 2.45) is 0 Å². The summed E-state index contributed by atoms with van der Waals surface area (Å²) in [6, 6.07) is 3.56. The van der Waals surface area contributed by atoms with Crippen molar-refractivity contribution in [2.75, 3.05) is 13.7 Å². The highest BCUT2D eigenvalue weighted by atomic mass is 79.9. The molecule has 0 fully saturated rings. The Bertz CT molecular complexity index is 750. The molecule has 2 rings (SSSR count). The van der Waals surface area contributed by atoms with Crippen LogP contribution in [0.4, 0.5) is 0 Å². The Hall–Kier alpha value is -1.60. The van der Waals surface area contributed by atoms with E-state index >= 15 is 0 Å². The fourth-order valence-corrected chi connectivity index (χ4v) is 3.26. The molecule has 0 aliphatic carbocycles. The molecule has 5 nitrogen and oxygen atoms in total. The number of nitrogens with zero attached hydrogens (tertiary/aromatic N) is 1. The van der Waals surface area contributed by atoms with E-state index in [9.17, 15) is 9.90 Å². The molecule has 0 atom stereocenters. The van der Waals surface area contributed by atoms with Gasteiger partial charge >= 0.3 is 5.97 Å². The summed E-state index contributed by atoms with van der Waals surface area (Å²) in [5.74, 6) is 0.112. The molecule has 1 aromatic carbocycles. The summed E-state index contributed by atoms with van der Waals surface area (Å²) >= 11 is 6.89. The fraction of sp³-hybridized carbons (Fsp3) is 0.294. The van der Waals surface area contributed by atoms with Gasteiger partial charge in [-0.25, -0.2) is 4.79 Å². The molecule has 1 aromatic heterocycles. The van der Waals surface area contributed by atoms with E-state index in [1.54, 1.807) is 25.4 Å². The fourth-order valence-electron chi connectivity index (χ4n) is 2.20. The summed E-state index contributed by atoms with van der Waals surface area (Å²) in [5, 5.41) is 9.43. The number of carboxylic acids is 1. The van der Waals surface area contributed by atoms with Gasteiger partial charge in [0.05, 0.1) is 19.3 Å². The number of carbonyl (C=O) groups is 1. The van der Waals surface area contributed by atoms with E-state index in [2.05, 4.69) is 43.8 Å². The molecule has 0 aliphatic heterocycles. The lowest BCUT2D eigenvalue weighted by atomic mass is 10.0. The van der Waals surface area contributed by atoms with Crippen LogP contribution >= 0.6 is 31.9 Å². The first-order chi connectivity index (χ1) is 11.5. The lowest BCUT2D eigenvalue weighted by molar-refractivity contribution is 0.0697. The maximum atomic E-state index is 11.5. The Kier molecular flexibility index (Phi) is 6.62. The van der Waals surface area contributed by atoms with Gasteiger partial charge in [0, 0.05) is 32.5 Å². The van der Waals surface area contributed by atoms with Gasteiger partial charge in [-0.3, -0.25) is 4.98 Å². The third-order valence-electron chi connectivity index (χ3n) is 3.41. The zero-order valence-corrected chi connectivity index (χ0v) is 16.5. The number of unbranched alkanes of at least 4 members (excludes halogenated alkanes) is 1. The van der Waals surface area contributed by atoms with E-state index in [4.69, 9.17) is 9.47 Å². The van der Waals surface area contributed by atoms with Crippen LogP contribution in [-0.4, -0.2) is 29.8 Å². The normalized spacial score (nSPS) is 10.5. The molecule has 24 heavy (non-hydrogen) atoms. The molecule has 0 spiro atoms. The Morgan fingerprint density at radius 2 is 1.96 bits per heavy atom. The van der Waals surface area contributed by atoms with E-state index in [0.717, 1.165) is 12.8 Å². The van der Waals surface area contributed by atoms with Crippen LogP contribution in [0, 0.1) is 0 Å². The molecular weight excluding hydrogens is 442 g/mol. The van der Waals surface area contributed by atoms with Gasteiger partial charge in [0.2, 0.25) is 0 Å². The van der Waals surface area contributed by atoms with Crippen LogP contribution in [0.25, 0.3) is 11.1 Å². The predicted octanol–water partition coefficient (Wildman–Crippen LogP) is 5.16. The average molecular weight is 459 g/mol. The summed E-state index contributed by atoms with van der Waals surface area (Å²) in [6.07, 6.45) is 4.87. The zero-order valence-electron chi connectivity index (χ0n) is 13.3. The van der Waals surface area contributed by atoms with Crippen molar-refractivity contribution in [1.82, 2.24) is 4.98 Å². The van der Waals surface area contributed by atoms with E-state index in [1.165, 1.54) is 6.20 Å². The van der Waals surface area contributed by atoms with Crippen LogP contribution in [0.1, 0.15) is 30.1 Å². The number of methoxy groups -OCH3 is 1. The van der Waals surface area contributed by atoms with Crippen molar-refractivity contribution < 1.29 is 19.4 Å². The number of rotatable bonds is 7. The number of pyridine rings is 1. The maximum absolute atomic E-state index is 11.5. The third kappa shape index (κ3) is 4.08. The third-order valence-corrected chi connectivity index (χ3v) is 4.67. The topological polar surface area (TPSA) is 68.7 Å². The van der Waals surface area contributed by atoms with Crippen LogP contribution < -0.4 is 9.47 Å². The molecule has 0 saturated heterocycles. The molecule has 0 unspecified atom stereocenters. The van der Waals surface area contributed by atoms with Crippen molar-refractivity contribution in [3.8, 4) is 22.6 Å². The van der Waals surface area contributed by atoms with Gasteiger partial charge in [-0.2, -0.15) is 0 Å². The van der Waals surface area contributed by atoms with Gasteiger partial charge in [0.15, 0.2) is 11.5 Å². The van der Waals surface area contributed by atoms with E-state index in [0.29, 0.717) is 38.2 Å². The van der Waals surface area contributed by atoms with Crippen LogP contribution in [0.3, 0.4) is 0 Å².